The number of nitrogens with one attached hydrogen (secondary N) is 3. The Morgan fingerprint density at radius 3 is 2.36 bits per heavy atom. The largest absolute Gasteiger partial charge is 0.360 e. The molecule has 1 aliphatic carbocycles. The Morgan fingerprint density at radius 1 is 1.06 bits per heavy atom. The van der Waals surface area contributed by atoms with Crippen LogP contribution in [-0.2, 0) is 0 Å². The molecule has 0 spiro atoms. The Kier molecular flexibility index (Phi) is 11.0. The highest BCUT2D eigenvalue weighted by molar-refractivity contribution is 7.80. The van der Waals surface area contributed by atoms with Crippen molar-refractivity contribution >= 4 is 28.9 Å². The Hall–Kier alpha value is -3.33. The summed E-state index contributed by atoms with van der Waals surface area (Å²) < 4.78 is 0. The molecule has 33 heavy (non-hydrogen) atoms. The van der Waals surface area contributed by atoms with Crippen LogP contribution in [0.3, 0.4) is 0 Å². The molecule has 1 amide bonds. The van der Waals surface area contributed by atoms with Crippen LogP contribution >= 0.6 is 12.2 Å². The second-order valence-electron chi connectivity index (χ2n) is 7.19. The summed E-state index contributed by atoms with van der Waals surface area (Å²) in [7, 11) is 1.59. The molecule has 0 bridgehead atoms. The number of hydrogen-bond acceptors (Lipinski definition) is 5. The number of carbonyl (C=O) groups is 1. The fourth-order valence-electron chi connectivity index (χ4n) is 3.34. The van der Waals surface area contributed by atoms with Gasteiger partial charge in [-0.25, -0.2) is 0 Å². The summed E-state index contributed by atoms with van der Waals surface area (Å²) in [4.78, 5) is 17.0. The number of pyridine rings is 1. The van der Waals surface area contributed by atoms with Crippen molar-refractivity contribution in [1.82, 2.24) is 30.6 Å². The molecule has 0 aliphatic heterocycles. The predicted molar refractivity (Wildman–Crippen MR) is 137 cm³/mol. The lowest BCUT2D eigenvalue weighted by Crippen LogP contribution is -2.36. The van der Waals surface area contributed by atoms with Gasteiger partial charge in [-0.1, -0.05) is 38.8 Å². The van der Waals surface area contributed by atoms with Gasteiger partial charge >= 0.3 is 0 Å². The maximum Gasteiger partial charge on any atom is 0.253 e. The number of aromatic nitrogens is 4. The van der Waals surface area contributed by atoms with E-state index in [1.165, 1.54) is 30.5 Å². The summed E-state index contributed by atoms with van der Waals surface area (Å²) in [6, 6.07) is 9.67. The minimum atomic E-state index is -0.150. The first-order valence-electron chi connectivity index (χ1n) is 11.2. The van der Waals surface area contributed by atoms with Crippen LogP contribution in [0.1, 0.15) is 55.5 Å². The topological polar surface area (TPSA) is 96.8 Å². The van der Waals surface area contributed by atoms with E-state index in [0.717, 1.165) is 16.4 Å². The molecule has 3 N–H and O–H groups in total. The van der Waals surface area contributed by atoms with Gasteiger partial charge in [0.2, 0.25) is 0 Å². The van der Waals surface area contributed by atoms with Gasteiger partial charge in [-0.15, -0.1) is 0 Å². The Morgan fingerprint density at radius 2 is 1.73 bits per heavy atom. The number of benzene rings is 1. The molecule has 9 heteroatoms. The zero-order valence-corrected chi connectivity index (χ0v) is 20.5. The first-order valence-corrected chi connectivity index (χ1v) is 11.6. The molecule has 0 atom stereocenters. The second-order valence-corrected chi connectivity index (χ2v) is 7.59. The molecular formula is C24H33N7OS. The second kappa shape index (κ2) is 13.9. The van der Waals surface area contributed by atoms with Crippen LogP contribution in [0, 0.1) is 6.92 Å². The van der Waals surface area contributed by atoms with Gasteiger partial charge < -0.3 is 16.0 Å². The van der Waals surface area contributed by atoms with E-state index >= 15 is 0 Å². The number of nitrogens with zero attached hydrogens (tertiary/aromatic N) is 4. The quantitative estimate of drug-likeness (QED) is 0.493. The summed E-state index contributed by atoms with van der Waals surface area (Å²) in [5.74, 6) is -0.150. The van der Waals surface area contributed by atoms with Gasteiger partial charge in [-0.2, -0.15) is 15.0 Å². The number of anilines is 1. The number of carbonyl (C=O) groups excluding carboxylic acids is 1. The normalized spacial score (nSPS) is 12.5. The van der Waals surface area contributed by atoms with Crippen molar-refractivity contribution in [3.05, 3.63) is 66.2 Å². The van der Waals surface area contributed by atoms with Crippen molar-refractivity contribution < 1.29 is 4.79 Å². The minimum Gasteiger partial charge on any atom is -0.360 e. The summed E-state index contributed by atoms with van der Waals surface area (Å²) in [6.07, 6.45) is 11.8. The SMILES string of the molecule is CC.CNC(=O)c1ccccc1-n1nccn1.Cc1cnccc1NC(=S)NC1CCCC1. The average Bonchev–Trinajstić information content (AvgIpc) is 3.56. The van der Waals surface area contributed by atoms with Crippen LogP contribution in [-0.4, -0.2) is 44.1 Å². The van der Waals surface area contributed by atoms with Gasteiger partial charge in [-0.05, 0) is 55.7 Å². The molecule has 1 aromatic carbocycles. The molecule has 8 nitrogen and oxygen atoms in total. The molecule has 0 saturated heterocycles. The van der Waals surface area contributed by atoms with Gasteiger partial charge in [0.1, 0.15) is 0 Å². The summed E-state index contributed by atoms with van der Waals surface area (Å²) >= 11 is 5.29. The van der Waals surface area contributed by atoms with Crippen LogP contribution in [0.5, 0.6) is 0 Å². The first kappa shape index (κ1) is 25.9. The third-order valence-corrected chi connectivity index (χ3v) is 5.19. The molecule has 0 unspecified atom stereocenters. The lowest BCUT2D eigenvalue weighted by atomic mass is 10.1. The van der Waals surface area contributed by atoms with Crippen LogP contribution in [0.15, 0.2) is 55.1 Å². The Labute approximate surface area is 201 Å². The molecule has 2 aromatic heterocycles. The summed E-state index contributed by atoms with van der Waals surface area (Å²) in [5.41, 5.74) is 3.36. The first-order chi connectivity index (χ1) is 16.1. The van der Waals surface area contributed by atoms with Crippen LogP contribution < -0.4 is 16.0 Å². The third kappa shape index (κ3) is 7.94. The molecule has 1 aliphatic rings. The van der Waals surface area contributed by atoms with Crippen molar-refractivity contribution in [3.8, 4) is 5.69 Å². The van der Waals surface area contributed by atoms with E-state index in [1.807, 2.05) is 39.1 Å². The van der Waals surface area contributed by atoms with Crippen molar-refractivity contribution in [2.24, 2.45) is 0 Å². The maximum absolute atomic E-state index is 11.5. The number of hydrogen-bond donors (Lipinski definition) is 3. The van der Waals surface area contributed by atoms with Crippen molar-refractivity contribution in [2.45, 2.75) is 52.5 Å². The van der Waals surface area contributed by atoms with Gasteiger partial charge in [0.15, 0.2) is 5.11 Å². The molecular weight excluding hydrogens is 434 g/mol. The van der Waals surface area contributed by atoms with E-state index < -0.39 is 0 Å². The van der Waals surface area contributed by atoms with E-state index in [1.54, 1.807) is 43.8 Å². The van der Waals surface area contributed by atoms with Crippen LogP contribution in [0.25, 0.3) is 5.69 Å². The molecule has 2 heterocycles. The smallest absolute Gasteiger partial charge is 0.253 e. The number of thiocarbonyl (C=S) groups is 1. The lowest BCUT2D eigenvalue weighted by Gasteiger charge is -2.16. The van der Waals surface area contributed by atoms with Gasteiger partial charge in [0.25, 0.3) is 5.91 Å². The van der Waals surface area contributed by atoms with Gasteiger partial charge in [0.05, 0.1) is 23.6 Å². The maximum atomic E-state index is 11.5. The fraction of sp³-hybridized carbons (Fsp3) is 0.375. The van der Waals surface area contributed by atoms with Crippen molar-refractivity contribution in [1.29, 1.82) is 0 Å². The third-order valence-electron chi connectivity index (χ3n) is 4.97. The Bertz CT molecular complexity index is 1000. The molecule has 176 valence electrons. The highest BCUT2D eigenvalue weighted by atomic mass is 32.1. The zero-order valence-electron chi connectivity index (χ0n) is 19.7. The van der Waals surface area contributed by atoms with Crippen molar-refractivity contribution in [2.75, 3.05) is 12.4 Å². The summed E-state index contributed by atoms with van der Waals surface area (Å²) in [5, 5.41) is 17.8. The van der Waals surface area contributed by atoms with Crippen LogP contribution in [0.4, 0.5) is 5.69 Å². The molecule has 3 aromatic rings. The Balaban J connectivity index is 0.000000218. The van der Waals surface area contributed by atoms with E-state index in [2.05, 4.69) is 31.1 Å². The number of para-hydroxylation sites is 1. The monoisotopic (exact) mass is 467 g/mol. The number of rotatable bonds is 4. The lowest BCUT2D eigenvalue weighted by molar-refractivity contribution is 0.0962. The van der Waals surface area contributed by atoms with E-state index in [9.17, 15) is 4.79 Å². The van der Waals surface area contributed by atoms with E-state index in [4.69, 9.17) is 12.2 Å². The van der Waals surface area contributed by atoms with Gasteiger partial charge in [-0.3, -0.25) is 9.78 Å². The number of aryl methyl sites for hydroxylation is 1. The van der Waals surface area contributed by atoms with E-state index in [-0.39, 0.29) is 5.91 Å². The summed E-state index contributed by atoms with van der Waals surface area (Å²) in [6.45, 7) is 6.02. The molecule has 4 rings (SSSR count). The highest BCUT2D eigenvalue weighted by Gasteiger charge is 2.15. The number of amides is 1. The zero-order chi connectivity index (χ0) is 24.1. The van der Waals surface area contributed by atoms with Crippen LogP contribution in [0.2, 0.25) is 0 Å². The standard InChI is InChI=1S/C12H17N3S.C10H10N4O.C2H6/c1-9-8-13-7-6-11(9)15-12(16)14-10-4-2-3-5-10;1-11-10(15)8-4-2-3-5-9(8)14-12-6-7-13-14;1-2/h6-8,10H,2-5H2,1H3,(H2,13,14,15,16);2-7H,1H3,(H,11,15);1-2H3. The average molecular weight is 468 g/mol. The van der Waals surface area contributed by atoms with Crippen molar-refractivity contribution in [3.63, 3.8) is 0 Å². The van der Waals surface area contributed by atoms with E-state index in [0.29, 0.717) is 17.3 Å². The minimum absolute atomic E-state index is 0.150. The molecule has 1 fully saturated rings. The van der Waals surface area contributed by atoms with Gasteiger partial charge in [0, 0.05) is 31.2 Å². The highest BCUT2D eigenvalue weighted by Crippen LogP contribution is 2.18. The predicted octanol–water partition coefficient (Wildman–Crippen LogP) is 4.27. The fourth-order valence-corrected chi connectivity index (χ4v) is 3.62. The molecule has 1 saturated carbocycles. The molecule has 0 radical (unpaired) electrons.